The molecule has 0 bridgehead atoms. The second kappa shape index (κ2) is 10.9. The SMILES string of the molecule is CC(C)CNC(=O)[C@@H](C)N(Cc1c(Cl)cccc1Cl)C(=O)CCc1ccc2c(c1)OCO2. The molecule has 2 aromatic rings. The number of hydrogen-bond donors (Lipinski definition) is 1. The van der Waals surface area contributed by atoms with Crippen molar-refractivity contribution < 1.29 is 19.1 Å². The van der Waals surface area contributed by atoms with E-state index in [-0.39, 0.29) is 31.6 Å². The van der Waals surface area contributed by atoms with Gasteiger partial charge in [0.05, 0.1) is 0 Å². The number of rotatable bonds is 9. The third-order valence-corrected chi connectivity index (χ3v) is 6.01. The molecule has 0 aliphatic carbocycles. The zero-order valence-corrected chi connectivity index (χ0v) is 20.0. The first kappa shape index (κ1) is 24.2. The van der Waals surface area contributed by atoms with Crippen molar-refractivity contribution in [3.8, 4) is 11.5 Å². The van der Waals surface area contributed by atoms with Gasteiger partial charge in [-0.3, -0.25) is 9.59 Å². The van der Waals surface area contributed by atoms with Gasteiger partial charge in [-0.2, -0.15) is 0 Å². The van der Waals surface area contributed by atoms with Gasteiger partial charge in [-0.05, 0) is 49.1 Å². The molecule has 172 valence electrons. The Morgan fingerprint density at radius 1 is 1.06 bits per heavy atom. The van der Waals surface area contributed by atoms with Crippen LogP contribution in [0.15, 0.2) is 36.4 Å². The van der Waals surface area contributed by atoms with Gasteiger partial charge in [0.25, 0.3) is 0 Å². The summed E-state index contributed by atoms with van der Waals surface area (Å²) in [5.41, 5.74) is 1.58. The molecule has 0 saturated heterocycles. The normalized spacial score (nSPS) is 13.2. The number of halogens is 2. The largest absolute Gasteiger partial charge is 0.454 e. The quantitative estimate of drug-likeness (QED) is 0.559. The third-order valence-electron chi connectivity index (χ3n) is 5.31. The first-order valence-corrected chi connectivity index (χ1v) is 11.4. The first-order valence-electron chi connectivity index (χ1n) is 10.6. The van der Waals surface area contributed by atoms with Gasteiger partial charge in [0.2, 0.25) is 18.6 Å². The number of nitrogens with zero attached hydrogens (tertiary/aromatic N) is 1. The molecular weight excluding hydrogens is 451 g/mol. The van der Waals surface area contributed by atoms with E-state index in [0.29, 0.717) is 46.0 Å². The van der Waals surface area contributed by atoms with Gasteiger partial charge >= 0.3 is 0 Å². The second-order valence-corrected chi connectivity index (χ2v) is 9.04. The molecule has 0 fully saturated rings. The maximum Gasteiger partial charge on any atom is 0.242 e. The molecule has 1 aliphatic rings. The molecule has 2 aromatic carbocycles. The highest BCUT2D eigenvalue weighted by Gasteiger charge is 2.27. The van der Waals surface area contributed by atoms with Gasteiger partial charge in [0.15, 0.2) is 11.5 Å². The molecule has 0 radical (unpaired) electrons. The fraction of sp³-hybridized carbons (Fsp3) is 0.417. The smallest absolute Gasteiger partial charge is 0.242 e. The summed E-state index contributed by atoms with van der Waals surface area (Å²) in [5.74, 6) is 1.31. The van der Waals surface area contributed by atoms with Crippen LogP contribution in [0.4, 0.5) is 0 Å². The maximum atomic E-state index is 13.3. The molecule has 1 aliphatic heterocycles. The summed E-state index contributed by atoms with van der Waals surface area (Å²) in [4.78, 5) is 27.6. The monoisotopic (exact) mass is 478 g/mol. The van der Waals surface area contributed by atoms with Crippen molar-refractivity contribution in [2.24, 2.45) is 5.92 Å². The van der Waals surface area contributed by atoms with Crippen LogP contribution >= 0.6 is 23.2 Å². The van der Waals surface area contributed by atoms with Crippen molar-refractivity contribution in [1.82, 2.24) is 10.2 Å². The molecular formula is C24H28Cl2N2O4. The van der Waals surface area contributed by atoms with E-state index in [1.807, 2.05) is 32.0 Å². The minimum atomic E-state index is -0.676. The molecule has 1 heterocycles. The van der Waals surface area contributed by atoms with Crippen molar-refractivity contribution in [3.05, 3.63) is 57.6 Å². The molecule has 32 heavy (non-hydrogen) atoms. The van der Waals surface area contributed by atoms with Gasteiger partial charge in [0.1, 0.15) is 6.04 Å². The molecule has 1 atom stereocenters. The highest BCUT2D eigenvalue weighted by atomic mass is 35.5. The average molecular weight is 479 g/mol. The topological polar surface area (TPSA) is 67.9 Å². The van der Waals surface area contributed by atoms with Crippen molar-refractivity contribution in [3.63, 3.8) is 0 Å². The van der Waals surface area contributed by atoms with Crippen molar-refractivity contribution in [1.29, 1.82) is 0 Å². The van der Waals surface area contributed by atoms with Gasteiger partial charge in [-0.1, -0.05) is 49.2 Å². The Kier molecular flexibility index (Phi) is 8.26. The predicted molar refractivity (Wildman–Crippen MR) is 125 cm³/mol. The lowest BCUT2D eigenvalue weighted by Crippen LogP contribution is -2.48. The van der Waals surface area contributed by atoms with Crippen LogP contribution in [0.25, 0.3) is 0 Å². The number of benzene rings is 2. The molecule has 6 nitrogen and oxygen atoms in total. The standard InChI is InChI=1S/C24H28Cl2N2O4/c1-15(2)12-27-24(30)16(3)28(13-18-19(25)5-4-6-20(18)26)23(29)10-8-17-7-9-21-22(11-17)32-14-31-21/h4-7,9,11,15-16H,8,10,12-14H2,1-3H3,(H,27,30)/t16-/m1/s1. The fourth-order valence-electron chi connectivity index (χ4n) is 3.38. The van der Waals surface area contributed by atoms with E-state index in [2.05, 4.69) is 5.32 Å². The van der Waals surface area contributed by atoms with Crippen LogP contribution in [-0.2, 0) is 22.6 Å². The Morgan fingerprint density at radius 2 is 1.75 bits per heavy atom. The summed E-state index contributed by atoms with van der Waals surface area (Å²) < 4.78 is 10.8. The van der Waals surface area contributed by atoms with Crippen LogP contribution in [0, 0.1) is 5.92 Å². The van der Waals surface area contributed by atoms with Crippen LogP contribution in [0.3, 0.4) is 0 Å². The molecule has 1 N–H and O–H groups in total. The highest BCUT2D eigenvalue weighted by Crippen LogP contribution is 2.33. The van der Waals surface area contributed by atoms with E-state index in [4.69, 9.17) is 32.7 Å². The van der Waals surface area contributed by atoms with Gasteiger partial charge in [0, 0.05) is 35.1 Å². The lowest BCUT2D eigenvalue weighted by molar-refractivity contribution is -0.140. The van der Waals surface area contributed by atoms with Crippen LogP contribution < -0.4 is 14.8 Å². The summed E-state index contributed by atoms with van der Waals surface area (Å²) in [7, 11) is 0. The molecule has 2 amide bonds. The zero-order valence-electron chi connectivity index (χ0n) is 18.5. The summed E-state index contributed by atoms with van der Waals surface area (Å²) in [6.45, 7) is 6.64. The molecule has 0 aromatic heterocycles. The molecule has 8 heteroatoms. The number of fused-ring (bicyclic) bond motifs is 1. The molecule has 3 rings (SSSR count). The van der Waals surface area contributed by atoms with E-state index >= 15 is 0 Å². The van der Waals surface area contributed by atoms with Gasteiger partial charge in [-0.25, -0.2) is 0 Å². The van der Waals surface area contributed by atoms with Crippen LogP contribution in [-0.4, -0.2) is 36.1 Å². The third kappa shape index (κ3) is 6.08. The summed E-state index contributed by atoms with van der Waals surface area (Å²) >= 11 is 12.7. The van der Waals surface area contributed by atoms with E-state index in [1.54, 1.807) is 25.1 Å². The first-order chi connectivity index (χ1) is 15.3. The number of aryl methyl sites for hydroxylation is 1. The van der Waals surface area contributed by atoms with E-state index < -0.39 is 6.04 Å². The fourth-order valence-corrected chi connectivity index (χ4v) is 3.90. The molecule has 0 unspecified atom stereocenters. The zero-order chi connectivity index (χ0) is 23.3. The number of ether oxygens (including phenoxy) is 2. The minimum absolute atomic E-state index is 0.148. The number of nitrogens with one attached hydrogen (secondary N) is 1. The van der Waals surface area contributed by atoms with E-state index in [0.717, 1.165) is 5.56 Å². The highest BCUT2D eigenvalue weighted by molar-refractivity contribution is 6.36. The van der Waals surface area contributed by atoms with Crippen LogP contribution in [0.5, 0.6) is 11.5 Å². The summed E-state index contributed by atoms with van der Waals surface area (Å²) in [6, 6.07) is 10.1. The Hall–Kier alpha value is -2.44. The Bertz CT molecular complexity index is 960. The number of hydrogen-bond acceptors (Lipinski definition) is 4. The maximum absolute atomic E-state index is 13.3. The summed E-state index contributed by atoms with van der Waals surface area (Å²) in [5, 5.41) is 3.82. The molecule has 0 spiro atoms. The lowest BCUT2D eigenvalue weighted by atomic mass is 10.1. The lowest BCUT2D eigenvalue weighted by Gasteiger charge is -2.29. The van der Waals surface area contributed by atoms with Gasteiger partial charge in [-0.15, -0.1) is 0 Å². The van der Waals surface area contributed by atoms with Crippen LogP contribution in [0.1, 0.15) is 38.3 Å². The van der Waals surface area contributed by atoms with Crippen molar-refractivity contribution in [2.75, 3.05) is 13.3 Å². The predicted octanol–water partition coefficient (Wildman–Crippen LogP) is 4.84. The number of amides is 2. The minimum Gasteiger partial charge on any atom is -0.454 e. The van der Waals surface area contributed by atoms with Crippen LogP contribution in [0.2, 0.25) is 10.0 Å². The second-order valence-electron chi connectivity index (χ2n) is 8.22. The van der Waals surface area contributed by atoms with E-state index in [1.165, 1.54) is 4.90 Å². The molecule has 0 saturated carbocycles. The Labute approximate surface area is 198 Å². The number of carbonyl (C=O) groups is 2. The average Bonchev–Trinajstić information content (AvgIpc) is 3.23. The Balaban J connectivity index is 1.75. The van der Waals surface area contributed by atoms with Gasteiger partial charge < -0.3 is 19.7 Å². The van der Waals surface area contributed by atoms with E-state index in [9.17, 15) is 9.59 Å². The van der Waals surface area contributed by atoms with Crippen molar-refractivity contribution >= 4 is 35.0 Å². The Morgan fingerprint density at radius 3 is 2.44 bits per heavy atom. The summed E-state index contributed by atoms with van der Waals surface area (Å²) in [6.07, 6.45) is 0.728. The number of carbonyl (C=O) groups excluding carboxylic acids is 2. The van der Waals surface area contributed by atoms with Crippen molar-refractivity contribution in [2.45, 2.75) is 46.2 Å².